The zero-order chi connectivity index (χ0) is 13.5. The molecule has 0 spiro atoms. The molecule has 0 saturated carbocycles. The van der Waals surface area contributed by atoms with E-state index in [0.717, 1.165) is 12.1 Å². The van der Waals surface area contributed by atoms with Gasteiger partial charge in [-0.1, -0.05) is 13.0 Å². The minimum atomic E-state index is 0.0159. The lowest BCUT2D eigenvalue weighted by molar-refractivity contribution is 0.0916. The predicted molar refractivity (Wildman–Crippen MR) is 71.3 cm³/mol. The number of likely N-dealkylation sites (N-methyl/N-ethyl adjacent to an activating group) is 1. The molecule has 0 heterocycles. The van der Waals surface area contributed by atoms with Crippen molar-refractivity contribution in [1.29, 1.82) is 0 Å². The number of carbonyl (C=O) groups is 1. The number of aliphatic hydroxyl groups is 1. The Kier molecular flexibility index (Phi) is 5.82. The average Bonchev–Trinajstić information content (AvgIpc) is 2.37. The smallest absolute Gasteiger partial charge is 0.180 e. The third-order valence-corrected chi connectivity index (χ3v) is 2.89. The molecule has 0 aromatic heterocycles. The second-order valence-corrected chi connectivity index (χ2v) is 4.22. The Balaban J connectivity index is 2.83. The number of benzene rings is 1. The average molecular weight is 251 g/mol. The summed E-state index contributed by atoms with van der Waals surface area (Å²) in [5.74, 6) is 0.627. The number of hydrogen-bond donors (Lipinski definition) is 1. The molecule has 0 amide bonds. The summed E-state index contributed by atoms with van der Waals surface area (Å²) in [6, 6.07) is 5.55. The van der Waals surface area contributed by atoms with Crippen LogP contribution in [0.1, 0.15) is 22.8 Å². The highest BCUT2D eigenvalue weighted by molar-refractivity contribution is 6.00. The number of methoxy groups -OCH3 is 1. The molecule has 4 nitrogen and oxygen atoms in total. The van der Waals surface area contributed by atoms with Crippen LogP contribution in [0.5, 0.6) is 5.75 Å². The molecular weight excluding hydrogens is 230 g/mol. The van der Waals surface area contributed by atoms with E-state index in [2.05, 4.69) is 0 Å². The summed E-state index contributed by atoms with van der Waals surface area (Å²) in [5, 5.41) is 8.91. The summed E-state index contributed by atoms with van der Waals surface area (Å²) < 4.78 is 5.23. The lowest BCUT2D eigenvalue weighted by Crippen LogP contribution is -2.32. The molecule has 0 aliphatic heterocycles. The molecule has 4 heteroatoms. The maximum absolute atomic E-state index is 12.2. The van der Waals surface area contributed by atoms with Gasteiger partial charge in [-0.3, -0.25) is 9.69 Å². The summed E-state index contributed by atoms with van der Waals surface area (Å²) >= 11 is 0. The van der Waals surface area contributed by atoms with Crippen LogP contribution in [-0.4, -0.2) is 49.1 Å². The number of ketones is 1. The Morgan fingerprint density at radius 3 is 2.72 bits per heavy atom. The van der Waals surface area contributed by atoms with Gasteiger partial charge in [0.05, 0.1) is 25.8 Å². The summed E-state index contributed by atoms with van der Waals surface area (Å²) in [6.07, 6.45) is 0. The SMILES string of the molecule is CCN(CCO)CC(=O)c1ccc(C)cc1OC. The predicted octanol–water partition coefficient (Wildman–Crippen LogP) is 1.50. The summed E-state index contributed by atoms with van der Waals surface area (Å²) in [5.41, 5.74) is 1.66. The zero-order valence-electron chi connectivity index (χ0n) is 11.3. The van der Waals surface area contributed by atoms with Gasteiger partial charge in [0.1, 0.15) is 5.75 Å². The Hall–Kier alpha value is -1.39. The zero-order valence-corrected chi connectivity index (χ0v) is 11.3. The van der Waals surface area contributed by atoms with Crippen molar-refractivity contribution in [3.63, 3.8) is 0 Å². The molecule has 100 valence electrons. The van der Waals surface area contributed by atoms with E-state index in [4.69, 9.17) is 9.84 Å². The summed E-state index contributed by atoms with van der Waals surface area (Å²) in [4.78, 5) is 14.1. The van der Waals surface area contributed by atoms with E-state index >= 15 is 0 Å². The first-order valence-corrected chi connectivity index (χ1v) is 6.13. The van der Waals surface area contributed by atoms with Crippen LogP contribution in [-0.2, 0) is 0 Å². The maximum atomic E-state index is 12.2. The largest absolute Gasteiger partial charge is 0.496 e. The monoisotopic (exact) mass is 251 g/mol. The molecule has 0 aliphatic carbocycles. The van der Waals surface area contributed by atoms with Gasteiger partial charge < -0.3 is 9.84 Å². The Morgan fingerprint density at radius 2 is 2.17 bits per heavy atom. The lowest BCUT2D eigenvalue weighted by Gasteiger charge is -2.18. The minimum Gasteiger partial charge on any atom is -0.496 e. The van der Waals surface area contributed by atoms with Crippen LogP contribution in [0, 0.1) is 6.92 Å². The highest BCUT2D eigenvalue weighted by Crippen LogP contribution is 2.20. The van der Waals surface area contributed by atoms with E-state index in [1.165, 1.54) is 0 Å². The molecule has 1 N–H and O–H groups in total. The van der Waals surface area contributed by atoms with E-state index in [-0.39, 0.29) is 12.4 Å². The number of ether oxygens (including phenoxy) is 1. The Bertz CT molecular complexity index is 404. The molecule has 0 bridgehead atoms. The summed E-state index contributed by atoms with van der Waals surface area (Å²) in [7, 11) is 1.57. The molecule has 1 rings (SSSR count). The van der Waals surface area contributed by atoms with Gasteiger partial charge in [0.2, 0.25) is 0 Å². The van der Waals surface area contributed by atoms with Crippen molar-refractivity contribution in [2.24, 2.45) is 0 Å². The molecule has 0 aliphatic rings. The van der Waals surface area contributed by atoms with E-state index in [1.54, 1.807) is 13.2 Å². The maximum Gasteiger partial charge on any atom is 0.180 e. The van der Waals surface area contributed by atoms with Crippen LogP contribution in [0.15, 0.2) is 18.2 Å². The molecule has 0 unspecified atom stereocenters. The van der Waals surface area contributed by atoms with Crippen LogP contribution >= 0.6 is 0 Å². The van der Waals surface area contributed by atoms with Crippen molar-refractivity contribution in [3.8, 4) is 5.75 Å². The fourth-order valence-corrected chi connectivity index (χ4v) is 1.81. The van der Waals surface area contributed by atoms with Crippen LogP contribution in [0.3, 0.4) is 0 Å². The number of Topliss-reactive ketones (excluding diaryl/α,β-unsaturated/α-hetero) is 1. The van der Waals surface area contributed by atoms with Crippen molar-refractivity contribution < 1.29 is 14.6 Å². The van der Waals surface area contributed by atoms with Crippen molar-refractivity contribution in [2.75, 3.05) is 33.4 Å². The number of carbonyl (C=O) groups excluding carboxylic acids is 1. The molecule has 1 aromatic rings. The molecule has 0 atom stereocenters. The van der Waals surface area contributed by atoms with Gasteiger partial charge in [0.15, 0.2) is 5.78 Å². The normalized spacial score (nSPS) is 10.7. The second-order valence-electron chi connectivity index (χ2n) is 4.22. The fourth-order valence-electron chi connectivity index (χ4n) is 1.81. The molecule has 18 heavy (non-hydrogen) atoms. The van der Waals surface area contributed by atoms with Gasteiger partial charge in [-0.15, -0.1) is 0 Å². The quantitative estimate of drug-likeness (QED) is 0.746. The van der Waals surface area contributed by atoms with Crippen molar-refractivity contribution in [3.05, 3.63) is 29.3 Å². The van der Waals surface area contributed by atoms with Crippen LogP contribution in [0.4, 0.5) is 0 Å². The number of aliphatic hydroxyl groups excluding tert-OH is 1. The van der Waals surface area contributed by atoms with E-state index in [1.807, 2.05) is 30.9 Å². The van der Waals surface area contributed by atoms with Crippen molar-refractivity contribution >= 4 is 5.78 Å². The standard InChI is InChI=1S/C14H21NO3/c1-4-15(7-8-16)10-13(17)12-6-5-11(2)9-14(12)18-3/h5-6,9,16H,4,7-8,10H2,1-3H3. The van der Waals surface area contributed by atoms with Gasteiger partial charge in [-0.2, -0.15) is 0 Å². The molecule has 0 radical (unpaired) electrons. The van der Waals surface area contributed by atoms with Gasteiger partial charge in [0.25, 0.3) is 0 Å². The first-order valence-electron chi connectivity index (χ1n) is 6.13. The van der Waals surface area contributed by atoms with E-state index < -0.39 is 0 Å². The number of nitrogens with zero attached hydrogens (tertiary/aromatic N) is 1. The van der Waals surface area contributed by atoms with Crippen LogP contribution in [0.2, 0.25) is 0 Å². The highest BCUT2D eigenvalue weighted by atomic mass is 16.5. The summed E-state index contributed by atoms with van der Waals surface area (Å²) in [6.45, 7) is 5.54. The van der Waals surface area contributed by atoms with Gasteiger partial charge in [0, 0.05) is 6.54 Å². The highest BCUT2D eigenvalue weighted by Gasteiger charge is 2.15. The lowest BCUT2D eigenvalue weighted by atomic mass is 10.1. The Morgan fingerprint density at radius 1 is 1.44 bits per heavy atom. The van der Waals surface area contributed by atoms with Crippen LogP contribution < -0.4 is 4.74 Å². The van der Waals surface area contributed by atoms with Crippen molar-refractivity contribution in [2.45, 2.75) is 13.8 Å². The number of hydrogen-bond acceptors (Lipinski definition) is 4. The molecule has 0 saturated heterocycles. The van der Waals surface area contributed by atoms with Gasteiger partial charge >= 0.3 is 0 Å². The number of aryl methyl sites for hydroxylation is 1. The van der Waals surface area contributed by atoms with Gasteiger partial charge in [-0.05, 0) is 31.2 Å². The first-order chi connectivity index (χ1) is 8.62. The minimum absolute atomic E-state index is 0.0159. The molecule has 1 aromatic carbocycles. The second kappa shape index (κ2) is 7.13. The van der Waals surface area contributed by atoms with Crippen molar-refractivity contribution in [1.82, 2.24) is 4.90 Å². The topological polar surface area (TPSA) is 49.8 Å². The van der Waals surface area contributed by atoms with Gasteiger partial charge in [-0.25, -0.2) is 0 Å². The fraction of sp³-hybridized carbons (Fsp3) is 0.500. The third kappa shape index (κ3) is 3.82. The molecular formula is C14H21NO3. The Labute approximate surface area is 108 Å². The third-order valence-electron chi connectivity index (χ3n) is 2.89. The first kappa shape index (κ1) is 14.7. The van der Waals surface area contributed by atoms with E-state index in [9.17, 15) is 4.79 Å². The molecule has 0 fully saturated rings. The number of rotatable bonds is 7. The van der Waals surface area contributed by atoms with E-state index in [0.29, 0.717) is 24.4 Å². The van der Waals surface area contributed by atoms with Crippen LogP contribution in [0.25, 0.3) is 0 Å².